The zero-order valence-electron chi connectivity index (χ0n) is 14.7. The summed E-state index contributed by atoms with van der Waals surface area (Å²) in [5.74, 6) is 0.0800. The van der Waals surface area contributed by atoms with Crippen LogP contribution in [-0.2, 0) is 9.59 Å². The smallest absolute Gasteiger partial charge is 0.263 e. The Labute approximate surface area is 156 Å². The highest BCUT2D eigenvalue weighted by molar-refractivity contribution is 9.10. The summed E-state index contributed by atoms with van der Waals surface area (Å²) in [6.45, 7) is 9.60. The van der Waals surface area contributed by atoms with Crippen LogP contribution in [0.2, 0.25) is 5.02 Å². The van der Waals surface area contributed by atoms with Crippen molar-refractivity contribution in [3.63, 3.8) is 0 Å². The number of amides is 2. The SMILES string of the molecule is CCN(CC(=O)NC(C)(C)C)C(=O)C(C)Oc1ccc(Cl)cc1Br. The first-order chi connectivity index (χ1) is 11.0. The first-order valence-corrected chi connectivity index (χ1v) is 8.92. The number of carbonyl (C=O) groups excluding carboxylic acids is 2. The topological polar surface area (TPSA) is 58.6 Å². The lowest BCUT2D eigenvalue weighted by atomic mass is 10.1. The second-order valence-corrected chi connectivity index (χ2v) is 7.78. The van der Waals surface area contributed by atoms with Crippen LogP contribution < -0.4 is 10.1 Å². The van der Waals surface area contributed by atoms with Gasteiger partial charge in [0.25, 0.3) is 5.91 Å². The van der Waals surface area contributed by atoms with Crippen molar-refractivity contribution in [2.24, 2.45) is 0 Å². The lowest BCUT2D eigenvalue weighted by molar-refractivity contribution is -0.141. The van der Waals surface area contributed by atoms with Crippen LogP contribution in [0.3, 0.4) is 0 Å². The minimum Gasteiger partial charge on any atom is -0.480 e. The third-order valence-electron chi connectivity index (χ3n) is 3.09. The molecule has 0 radical (unpaired) electrons. The summed E-state index contributed by atoms with van der Waals surface area (Å²) in [6, 6.07) is 5.08. The summed E-state index contributed by atoms with van der Waals surface area (Å²) in [7, 11) is 0. The van der Waals surface area contributed by atoms with E-state index in [4.69, 9.17) is 16.3 Å². The first-order valence-electron chi connectivity index (χ1n) is 7.75. The monoisotopic (exact) mass is 418 g/mol. The van der Waals surface area contributed by atoms with Crippen LogP contribution in [-0.4, -0.2) is 41.4 Å². The molecule has 0 aromatic heterocycles. The molecule has 1 N–H and O–H groups in total. The van der Waals surface area contributed by atoms with Gasteiger partial charge in [-0.3, -0.25) is 9.59 Å². The van der Waals surface area contributed by atoms with Crippen LogP contribution in [0.1, 0.15) is 34.6 Å². The predicted octanol–water partition coefficient (Wildman–Crippen LogP) is 3.63. The van der Waals surface area contributed by atoms with Crippen LogP contribution in [0.4, 0.5) is 0 Å². The largest absolute Gasteiger partial charge is 0.480 e. The van der Waals surface area contributed by atoms with E-state index in [2.05, 4.69) is 21.2 Å². The number of likely N-dealkylation sites (N-methyl/N-ethyl adjacent to an activating group) is 1. The van der Waals surface area contributed by atoms with Crippen molar-refractivity contribution in [1.29, 1.82) is 0 Å². The zero-order chi connectivity index (χ0) is 18.5. The Morgan fingerprint density at radius 1 is 1.38 bits per heavy atom. The molecular weight excluding hydrogens is 396 g/mol. The molecule has 1 aromatic carbocycles. The third kappa shape index (κ3) is 6.69. The molecule has 2 amide bonds. The molecule has 0 aliphatic rings. The summed E-state index contributed by atoms with van der Waals surface area (Å²) in [5.41, 5.74) is -0.337. The fourth-order valence-electron chi connectivity index (χ4n) is 2.05. The molecule has 1 unspecified atom stereocenters. The second-order valence-electron chi connectivity index (χ2n) is 6.49. The molecule has 0 aliphatic heterocycles. The summed E-state index contributed by atoms with van der Waals surface area (Å²) in [6.07, 6.45) is -0.718. The second kappa shape index (κ2) is 8.72. The molecule has 1 aromatic rings. The van der Waals surface area contributed by atoms with Crippen molar-refractivity contribution in [3.8, 4) is 5.75 Å². The normalized spacial score (nSPS) is 12.5. The Balaban J connectivity index is 2.72. The number of halogens is 2. The lowest BCUT2D eigenvalue weighted by Gasteiger charge is -2.27. The summed E-state index contributed by atoms with van der Waals surface area (Å²) >= 11 is 9.25. The fraction of sp³-hybridized carbons (Fsp3) is 0.529. The number of benzene rings is 1. The van der Waals surface area contributed by atoms with Crippen molar-refractivity contribution >= 4 is 39.3 Å². The van der Waals surface area contributed by atoms with Gasteiger partial charge < -0.3 is 15.0 Å². The van der Waals surface area contributed by atoms with E-state index >= 15 is 0 Å². The van der Waals surface area contributed by atoms with Gasteiger partial charge >= 0.3 is 0 Å². The Kier molecular flexibility index (Phi) is 7.55. The van der Waals surface area contributed by atoms with Crippen LogP contribution in [0.15, 0.2) is 22.7 Å². The Bertz CT molecular complexity index is 602. The van der Waals surface area contributed by atoms with Crippen LogP contribution in [0, 0.1) is 0 Å². The maximum absolute atomic E-state index is 12.5. The van der Waals surface area contributed by atoms with E-state index in [0.29, 0.717) is 21.8 Å². The zero-order valence-corrected chi connectivity index (χ0v) is 17.0. The predicted molar refractivity (Wildman–Crippen MR) is 99.4 cm³/mol. The number of nitrogens with one attached hydrogen (secondary N) is 1. The highest BCUT2D eigenvalue weighted by atomic mass is 79.9. The van der Waals surface area contributed by atoms with Gasteiger partial charge in [0.15, 0.2) is 6.10 Å². The van der Waals surface area contributed by atoms with Crippen molar-refractivity contribution in [2.45, 2.75) is 46.3 Å². The maximum Gasteiger partial charge on any atom is 0.263 e. The van der Waals surface area contributed by atoms with E-state index in [1.807, 2.05) is 27.7 Å². The highest BCUT2D eigenvalue weighted by Gasteiger charge is 2.24. The van der Waals surface area contributed by atoms with E-state index in [1.54, 1.807) is 25.1 Å². The van der Waals surface area contributed by atoms with Gasteiger partial charge in [0.1, 0.15) is 5.75 Å². The molecule has 0 heterocycles. The van der Waals surface area contributed by atoms with E-state index in [1.165, 1.54) is 4.90 Å². The van der Waals surface area contributed by atoms with Crippen LogP contribution in [0.25, 0.3) is 0 Å². The third-order valence-corrected chi connectivity index (χ3v) is 3.94. The lowest BCUT2D eigenvalue weighted by Crippen LogP contribution is -2.49. The average molecular weight is 420 g/mol. The van der Waals surface area contributed by atoms with Gasteiger partial charge in [-0.05, 0) is 68.7 Å². The molecule has 7 heteroatoms. The number of hydrogen-bond donors (Lipinski definition) is 1. The quantitative estimate of drug-likeness (QED) is 0.766. The average Bonchev–Trinajstić information content (AvgIpc) is 2.45. The number of nitrogens with zero attached hydrogens (tertiary/aromatic N) is 1. The van der Waals surface area contributed by atoms with Crippen molar-refractivity contribution in [1.82, 2.24) is 10.2 Å². The molecule has 1 rings (SSSR count). The molecule has 0 spiro atoms. The Morgan fingerprint density at radius 2 is 2.00 bits per heavy atom. The van der Waals surface area contributed by atoms with Gasteiger partial charge in [0.2, 0.25) is 5.91 Å². The molecule has 24 heavy (non-hydrogen) atoms. The minimum atomic E-state index is -0.718. The van der Waals surface area contributed by atoms with Gasteiger partial charge in [-0.2, -0.15) is 0 Å². The molecule has 134 valence electrons. The molecule has 0 saturated heterocycles. The van der Waals surface area contributed by atoms with Gasteiger partial charge in [-0.1, -0.05) is 11.6 Å². The van der Waals surface area contributed by atoms with Gasteiger partial charge in [-0.15, -0.1) is 0 Å². The number of hydrogen-bond acceptors (Lipinski definition) is 3. The summed E-state index contributed by atoms with van der Waals surface area (Å²) in [4.78, 5) is 26.0. The van der Waals surface area contributed by atoms with Gasteiger partial charge in [-0.25, -0.2) is 0 Å². The highest BCUT2D eigenvalue weighted by Crippen LogP contribution is 2.28. The molecule has 0 fully saturated rings. The van der Waals surface area contributed by atoms with E-state index in [0.717, 1.165) is 0 Å². The number of rotatable bonds is 6. The number of ether oxygens (including phenoxy) is 1. The minimum absolute atomic E-state index is 0.00207. The Morgan fingerprint density at radius 3 is 2.50 bits per heavy atom. The van der Waals surface area contributed by atoms with Crippen molar-refractivity contribution in [2.75, 3.05) is 13.1 Å². The molecule has 0 saturated carbocycles. The molecule has 0 bridgehead atoms. The molecule has 1 atom stereocenters. The van der Waals surface area contributed by atoms with Gasteiger partial charge in [0, 0.05) is 17.1 Å². The number of carbonyl (C=O) groups is 2. The fourth-order valence-corrected chi connectivity index (χ4v) is 2.82. The molecule has 5 nitrogen and oxygen atoms in total. The first kappa shape index (κ1) is 20.8. The van der Waals surface area contributed by atoms with Crippen molar-refractivity contribution in [3.05, 3.63) is 27.7 Å². The van der Waals surface area contributed by atoms with Crippen LogP contribution >= 0.6 is 27.5 Å². The van der Waals surface area contributed by atoms with E-state index < -0.39 is 6.10 Å². The van der Waals surface area contributed by atoms with Gasteiger partial charge in [0.05, 0.1) is 11.0 Å². The summed E-state index contributed by atoms with van der Waals surface area (Å²) < 4.78 is 6.37. The van der Waals surface area contributed by atoms with Crippen LogP contribution in [0.5, 0.6) is 5.75 Å². The van der Waals surface area contributed by atoms with E-state index in [-0.39, 0.29) is 23.9 Å². The molecule has 0 aliphatic carbocycles. The maximum atomic E-state index is 12.5. The standard InChI is InChI=1S/C17H24BrClN2O3/c1-6-21(10-15(22)20-17(3,4)5)16(23)11(2)24-14-8-7-12(19)9-13(14)18/h7-9,11H,6,10H2,1-5H3,(H,20,22). The molecular formula is C17H24BrClN2O3. The van der Waals surface area contributed by atoms with Crippen molar-refractivity contribution < 1.29 is 14.3 Å². The summed E-state index contributed by atoms with van der Waals surface area (Å²) in [5, 5.41) is 3.42. The van der Waals surface area contributed by atoms with E-state index in [9.17, 15) is 9.59 Å². The Hall–Kier alpha value is -1.27.